The van der Waals surface area contributed by atoms with Crippen molar-refractivity contribution in [3.8, 4) is 12.3 Å². The molecule has 106 valence electrons. The molecule has 1 saturated heterocycles. The van der Waals surface area contributed by atoms with E-state index in [2.05, 4.69) is 11.2 Å². The van der Waals surface area contributed by atoms with Crippen LogP contribution >= 0.6 is 0 Å². The van der Waals surface area contributed by atoms with E-state index in [0.29, 0.717) is 13.0 Å². The highest BCUT2D eigenvalue weighted by atomic mass is 16.5. The van der Waals surface area contributed by atoms with Crippen molar-refractivity contribution in [1.29, 1.82) is 0 Å². The monoisotopic (exact) mass is 264 g/mol. The molecule has 4 heteroatoms. The Hall–Kier alpha value is -1.05. The molecule has 1 heterocycles. The molecule has 0 aromatic carbocycles. The molecule has 4 unspecified atom stereocenters. The Balaban J connectivity index is 2.12. The molecule has 4 atom stereocenters. The fourth-order valence-corrected chi connectivity index (χ4v) is 3.59. The van der Waals surface area contributed by atoms with Gasteiger partial charge in [0.1, 0.15) is 5.54 Å². The number of nitrogens with two attached hydrogens (primary N) is 1. The minimum Gasteiger partial charge on any atom is -0.377 e. The highest BCUT2D eigenvalue weighted by Crippen LogP contribution is 2.58. The van der Waals surface area contributed by atoms with Crippen molar-refractivity contribution in [1.82, 2.24) is 5.32 Å². The topological polar surface area (TPSA) is 64.4 Å². The summed E-state index contributed by atoms with van der Waals surface area (Å²) in [6, 6.07) is 0.00935. The van der Waals surface area contributed by atoms with E-state index in [-0.39, 0.29) is 29.4 Å². The third-order valence-electron chi connectivity index (χ3n) is 5.02. The molecule has 0 radical (unpaired) electrons. The molecular weight excluding hydrogens is 240 g/mol. The maximum Gasteiger partial charge on any atom is 0.241 e. The van der Waals surface area contributed by atoms with E-state index in [1.807, 2.05) is 20.8 Å². The zero-order valence-electron chi connectivity index (χ0n) is 12.0. The molecule has 1 amide bonds. The van der Waals surface area contributed by atoms with Crippen molar-refractivity contribution in [2.45, 2.75) is 57.7 Å². The Bertz CT molecular complexity index is 413. The van der Waals surface area contributed by atoms with Gasteiger partial charge in [0.25, 0.3) is 0 Å². The van der Waals surface area contributed by atoms with Gasteiger partial charge in [0, 0.05) is 30.4 Å². The molecule has 3 N–H and O–H groups in total. The van der Waals surface area contributed by atoms with Crippen LogP contribution in [0.15, 0.2) is 0 Å². The summed E-state index contributed by atoms with van der Waals surface area (Å²) in [6.07, 6.45) is 7.66. The molecule has 4 nitrogen and oxygen atoms in total. The molecule has 0 aromatic rings. The molecule has 19 heavy (non-hydrogen) atoms. The average molecular weight is 264 g/mol. The van der Waals surface area contributed by atoms with E-state index in [1.54, 1.807) is 0 Å². The largest absolute Gasteiger partial charge is 0.377 e. The van der Waals surface area contributed by atoms with E-state index in [0.717, 1.165) is 12.8 Å². The number of carbonyl (C=O) groups excluding carboxylic acids is 1. The van der Waals surface area contributed by atoms with E-state index in [4.69, 9.17) is 16.9 Å². The quantitative estimate of drug-likeness (QED) is 0.746. The van der Waals surface area contributed by atoms with Gasteiger partial charge in [-0.2, -0.15) is 0 Å². The smallest absolute Gasteiger partial charge is 0.241 e. The van der Waals surface area contributed by atoms with Gasteiger partial charge in [-0.15, -0.1) is 12.3 Å². The molecule has 0 aromatic heterocycles. The normalized spacial score (nSPS) is 36.8. The number of terminal acetylenes is 1. The van der Waals surface area contributed by atoms with Crippen molar-refractivity contribution >= 4 is 5.91 Å². The van der Waals surface area contributed by atoms with Crippen molar-refractivity contribution in [3.05, 3.63) is 0 Å². The summed E-state index contributed by atoms with van der Waals surface area (Å²) in [5, 5.41) is 3.02. The molecule has 1 saturated carbocycles. The molecule has 2 rings (SSSR count). The molecule has 0 spiro atoms. The first-order chi connectivity index (χ1) is 8.89. The zero-order chi connectivity index (χ0) is 14.3. The van der Waals surface area contributed by atoms with Crippen LogP contribution < -0.4 is 11.1 Å². The summed E-state index contributed by atoms with van der Waals surface area (Å²) in [6.45, 7) is 6.74. The van der Waals surface area contributed by atoms with E-state index < -0.39 is 5.54 Å². The number of ether oxygens (including phenoxy) is 1. The maximum absolute atomic E-state index is 12.6. The zero-order valence-corrected chi connectivity index (χ0v) is 12.0. The lowest BCUT2D eigenvalue weighted by atomic mass is 9.48. The van der Waals surface area contributed by atoms with E-state index >= 15 is 0 Å². The van der Waals surface area contributed by atoms with Gasteiger partial charge >= 0.3 is 0 Å². The summed E-state index contributed by atoms with van der Waals surface area (Å²) >= 11 is 0. The molecule has 1 aliphatic heterocycles. The fourth-order valence-electron chi connectivity index (χ4n) is 3.59. The number of hydrogen-bond acceptors (Lipinski definition) is 3. The molecule has 2 aliphatic rings. The van der Waals surface area contributed by atoms with Gasteiger partial charge in [0.05, 0.1) is 6.10 Å². The van der Waals surface area contributed by atoms with Gasteiger partial charge in [-0.1, -0.05) is 20.8 Å². The van der Waals surface area contributed by atoms with Gasteiger partial charge in [0.15, 0.2) is 0 Å². The van der Waals surface area contributed by atoms with E-state index in [1.165, 1.54) is 0 Å². The summed E-state index contributed by atoms with van der Waals surface area (Å²) < 4.78 is 5.70. The Morgan fingerprint density at radius 2 is 2.32 bits per heavy atom. The summed E-state index contributed by atoms with van der Waals surface area (Å²) in [5.74, 6) is 2.65. The van der Waals surface area contributed by atoms with E-state index in [9.17, 15) is 4.79 Å². The Morgan fingerprint density at radius 1 is 1.63 bits per heavy atom. The molecular formula is C15H24N2O2. The standard InChI is InChI=1S/C15H24N2O2/c1-5-7-10(6-2)17-13(18)15(16)11-8-9-19-12(11)14(15,3)4/h1,10-12H,6-9,16H2,2-4H3,(H,17,18). The van der Waals surface area contributed by atoms with Gasteiger partial charge in [-0.3, -0.25) is 4.79 Å². The number of nitrogens with one attached hydrogen (secondary N) is 1. The Kier molecular flexibility index (Phi) is 3.63. The molecule has 2 fully saturated rings. The first-order valence-corrected chi connectivity index (χ1v) is 7.04. The van der Waals surface area contributed by atoms with Gasteiger partial charge < -0.3 is 15.8 Å². The minimum absolute atomic E-state index is 0.00935. The number of hydrogen-bond donors (Lipinski definition) is 2. The van der Waals surface area contributed by atoms with Crippen LogP contribution in [0.4, 0.5) is 0 Å². The van der Waals surface area contributed by atoms with Crippen LogP contribution in [0.3, 0.4) is 0 Å². The minimum atomic E-state index is -0.837. The average Bonchev–Trinajstić information content (AvgIpc) is 2.84. The van der Waals surface area contributed by atoms with Crippen LogP contribution in [-0.4, -0.2) is 30.2 Å². The van der Waals surface area contributed by atoms with Crippen molar-refractivity contribution in [2.75, 3.05) is 6.61 Å². The van der Waals surface area contributed by atoms with Gasteiger partial charge in [-0.25, -0.2) is 0 Å². The summed E-state index contributed by atoms with van der Waals surface area (Å²) in [5.41, 5.74) is 5.30. The third kappa shape index (κ3) is 1.87. The second-order valence-electron chi connectivity index (χ2n) is 6.26. The predicted molar refractivity (Wildman–Crippen MR) is 74.2 cm³/mol. The summed E-state index contributed by atoms with van der Waals surface area (Å²) in [4.78, 5) is 12.6. The van der Waals surface area contributed by atoms with Crippen LogP contribution in [0.2, 0.25) is 0 Å². The van der Waals surface area contributed by atoms with Crippen LogP contribution in [-0.2, 0) is 9.53 Å². The predicted octanol–water partition coefficient (Wildman–Crippen LogP) is 1.05. The highest BCUT2D eigenvalue weighted by Gasteiger charge is 2.71. The Morgan fingerprint density at radius 3 is 2.89 bits per heavy atom. The summed E-state index contributed by atoms with van der Waals surface area (Å²) in [7, 11) is 0. The number of fused-ring (bicyclic) bond motifs is 1. The van der Waals surface area contributed by atoms with Crippen LogP contribution in [0.5, 0.6) is 0 Å². The third-order valence-corrected chi connectivity index (χ3v) is 5.02. The second kappa shape index (κ2) is 4.81. The highest BCUT2D eigenvalue weighted by molar-refractivity contribution is 5.89. The van der Waals surface area contributed by atoms with Gasteiger partial charge in [0.2, 0.25) is 5.91 Å². The van der Waals surface area contributed by atoms with Crippen LogP contribution in [0.1, 0.15) is 40.0 Å². The van der Waals surface area contributed by atoms with Crippen molar-refractivity contribution in [3.63, 3.8) is 0 Å². The Labute approximate surface area is 115 Å². The fraction of sp³-hybridized carbons (Fsp3) is 0.800. The van der Waals surface area contributed by atoms with Crippen LogP contribution in [0, 0.1) is 23.7 Å². The first kappa shape index (κ1) is 14.4. The van der Waals surface area contributed by atoms with Crippen LogP contribution in [0.25, 0.3) is 0 Å². The van der Waals surface area contributed by atoms with Gasteiger partial charge in [-0.05, 0) is 12.8 Å². The lowest BCUT2D eigenvalue weighted by Gasteiger charge is -2.60. The SMILES string of the molecule is C#CCC(CC)NC(=O)C1(N)C2CCOC2C1(C)C. The second-order valence-corrected chi connectivity index (χ2v) is 6.26. The van der Waals surface area contributed by atoms with Crippen molar-refractivity contribution < 1.29 is 9.53 Å². The number of carbonyl (C=O) groups is 1. The molecule has 0 bridgehead atoms. The number of rotatable bonds is 4. The first-order valence-electron chi connectivity index (χ1n) is 7.04. The number of amides is 1. The maximum atomic E-state index is 12.6. The lowest BCUT2D eigenvalue weighted by Crippen LogP contribution is -2.80. The molecule has 1 aliphatic carbocycles. The van der Waals surface area contributed by atoms with Crippen molar-refractivity contribution in [2.24, 2.45) is 17.1 Å². The lowest BCUT2D eigenvalue weighted by molar-refractivity contribution is -0.176.